The van der Waals surface area contributed by atoms with Crippen molar-refractivity contribution in [1.29, 1.82) is 0 Å². The monoisotopic (exact) mass is 324 g/mol. The number of ether oxygens (including phenoxy) is 2. The minimum Gasteiger partial charge on any atom is -0.353 e. The summed E-state index contributed by atoms with van der Waals surface area (Å²) in [5.74, 6) is -1.23. The first-order valence-corrected chi connectivity index (χ1v) is 8.32. The van der Waals surface area contributed by atoms with E-state index in [1.165, 1.54) is 12.1 Å². The maximum atomic E-state index is 14.3. The molecule has 0 amide bonds. The lowest BCUT2D eigenvalue weighted by Crippen LogP contribution is -2.32. The van der Waals surface area contributed by atoms with E-state index < -0.39 is 29.4 Å². The van der Waals surface area contributed by atoms with Crippen molar-refractivity contribution >= 4 is 5.78 Å². The Labute approximate surface area is 135 Å². The maximum absolute atomic E-state index is 14.3. The standard InChI is InChI=1S/C18H22F2O3/c1-2-15(21)18(8-9-18)17(23-16-5-3-4-10-22-16)13-7-6-12(19)11-14(13)20/h6-7,11,16-17H,2-5,8-10H2,1H3. The third kappa shape index (κ3) is 3.31. The minimum atomic E-state index is -0.710. The molecule has 2 aliphatic rings. The van der Waals surface area contributed by atoms with Crippen molar-refractivity contribution in [3.05, 3.63) is 35.4 Å². The van der Waals surface area contributed by atoms with Crippen LogP contribution in [0.1, 0.15) is 57.1 Å². The van der Waals surface area contributed by atoms with Crippen molar-refractivity contribution in [2.24, 2.45) is 5.41 Å². The van der Waals surface area contributed by atoms with Crippen molar-refractivity contribution in [2.45, 2.75) is 57.8 Å². The Morgan fingerprint density at radius 1 is 1.39 bits per heavy atom. The predicted octanol–water partition coefficient (Wildman–Crippen LogP) is 4.31. The van der Waals surface area contributed by atoms with Gasteiger partial charge in [0.15, 0.2) is 6.29 Å². The highest BCUT2D eigenvalue weighted by Crippen LogP contribution is 2.58. The molecule has 0 radical (unpaired) electrons. The fourth-order valence-corrected chi connectivity index (χ4v) is 3.36. The molecule has 1 heterocycles. The van der Waals surface area contributed by atoms with Crippen molar-refractivity contribution < 1.29 is 23.0 Å². The van der Waals surface area contributed by atoms with Gasteiger partial charge in [-0.15, -0.1) is 0 Å². The van der Waals surface area contributed by atoms with Gasteiger partial charge in [0.1, 0.15) is 23.5 Å². The Balaban J connectivity index is 1.91. The minimum absolute atomic E-state index is 0.0713. The van der Waals surface area contributed by atoms with Gasteiger partial charge in [0.2, 0.25) is 0 Å². The molecular weight excluding hydrogens is 302 g/mol. The predicted molar refractivity (Wildman–Crippen MR) is 80.7 cm³/mol. The van der Waals surface area contributed by atoms with Crippen LogP contribution in [0.3, 0.4) is 0 Å². The molecule has 1 aromatic rings. The Hall–Kier alpha value is -1.33. The smallest absolute Gasteiger partial charge is 0.158 e. The molecule has 23 heavy (non-hydrogen) atoms. The molecular formula is C18H22F2O3. The zero-order valence-electron chi connectivity index (χ0n) is 13.3. The van der Waals surface area contributed by atoms with Gasteiger partial charge >= 0.3 is 0 Å². The summed E-state index contributed by atoms with van der Waals surface area (Å²) in [7, 11) is 0. The Morgan fingerprint density at radius 2 is 2.17 bits per heavy atom. The second kappa shape index (κ2) is 6.65. The van der Waals surface area contributed by atoms with E-state index in [1.807, 2.05) is 0 Å². The zero-order valence-corrected chi connectivity index (χ0v) is 13.3. The number of carbonyl (C=O) groups is 1. The van der Waals surface area contributed by atoms with E-state index in [0.717, 1.165) is 25.3 Å². The van der Waals surface area contributed by atoms with Gasteiger partial charge in [-0.2, -0.15) is 0 Å². The first kappa shape index (κ1) is 16.5. The number of halogens is 2. The molecule has 3 nitrogen and oxygen atoms in total. The highest BCUT2D eigenvalue weighted by Gasteiger charge is 2.56. The summed E-state index contributed by atoms with van der Waals surface area (Å²) in [5, 5.41) is 0. The lowest BCUT2D eigenvalue weighted by molar-refractivity contribution is -0.205. The third-order valence-corrected chi connectivity index (χ3v) is 4.84. The molecule has 5 heteroatoms. The van der Waals surface area contributed by atoms with Crippen LogP contribution in [0.2, 0.25) is 0 Å². The molecule has 3 rings (SSSR count). The van der Waals surface area contributed by atoms with Crippen LogP contribution in [0.15, 0.2) is 18.2 Å². The number of hydrogen-bond donors (Lipinski definition) is 0. The Kier molecular flexibility index (Phi) is 4.78. The van der Waals surface area contributed by atoms with Gasteiger partial charge in [-0.3, -0.25) is 4.79 Å². The van der Waals surface area contributed by atoms with Crippen LogP contribution in [0.4, 0.5) is 8.78 Å². The number of ketones is 1. The van der Waals surface area contributed by atoms with Crippen LogP contribution in [0, 0.1) is 17.0 Å². The van der Waals surface area contributed by atoms with E-state index in [1.54, 1.807) is 6.92 Å². The fraction of sp³-hybridized carbons (Fsp3) is 0.611. The second-order valence-electron chi connectivity index (χ2n) is 6.41. The summed E-state index contributed by atoms with van der Waals surface area (Å²) in [6.45, 7) is 2.41. The highest BCUT2D eigenvalue weighted by molar-refractivity contribution is 5.88. The van der Waals surface area contributed by atoms with E-state index >= 15 is 0 Å². The number of benzene rings is 1. The number of carbonyl (C=O) groups excluding carboxylic acids is 1. The lowest BCUT2D eigenvalue weighted by Gasteiger charge is -2.32. The molecule has 1 saturated carbocycles. The number of rotatable bonds is 6. The van der Waals surface area contributed by atoms with Crippen molar-refractivity contribution in [3.8, 4) is 0 Å². The van der Waals surface area contributed by atoms with Crippen molar-refractivity contribution in [2.75, 3.05) is 6.61 Å². The summed E-state index contributed by atoms with van der Waals surface area (Å²) < 4.78 is 39.2. The summed E-state index contributed by atoms with van der Waals surface area (Å²) >= 11 is 0. The summed E-state index contributed by atoms with van der Waals surface area (Å²) in [6, 6.07) is 3.45. The molecule has 0 N–H and O–H groups in total. The summed E-state index contributed by atoms with van der Waals surface area (Å²) in [6.07, 6.45) is 3.29. The van der Waals surface area contributed by atoms with Gasteiger partial charge < -0.3 is 9.47 Å². The molecule has 0 spiro atoms. The molecule has 0 bridgehead atoms. The Morgan fingerprint density at radius 3 is 2.74 bits per heavy atom. The first-order valence-electron chi connectivity index (χ1n) is 8.32. The number of Topliss-reactive ketones (excluding diaryl/α,β-unsaturated/α-hetero) is 1. The molecule has 2 fully saturated rings. The molecule has 126 valence electrons. The SMILES string of the molecule is CCC(=O)C1(C(OC2CCCCO2)c2ccc(F)cc2F)CC1. The van der Waals surface area contributed by atoms with Crippen molar-refractivity contribution in [3.63, 3.8) is 0 Å². The van der Waals surface area contributed by atoms with Crippen LogP contribution < -0.4 is 0 Å². The summed E-state index contributed by atoms with van der Waals surface area (Å²) in [4.78, 5) is 12.4. The first-order chi connectivity index (χ1) is 11.1. The van der Waals surface area contributed by atoms with Crippen LogP contribution in [0.25, 0.3) is 0 Å². The molecule has 1 aromatic carbocycles. The fourth-order valence-electron chi connectivity index (χ4n) is 3.36. The molecule has 1 saturated heterocycles. The van der Waals surface area contributed by atoms with E-state index in [0.29, 0.717) is 25.9 Å². The topological polar surface area (TPSA) is 35.5 Å². The summed E-state index contributed by atoms with van der Waals surface area (Å²) in [5.41, 5.74) is -0.436. The van der Waals surface area contributed by atoms with E-state index in [-0.39, 0.29) is 11.3 Å². The average Bonchev–Trinajstić information content (AvgIpc) is 3.35. The lowest BCUT2D eigenvalue weighted by atomic mass is 9.87. The van der Waals surface area contributed by atoms with Crippen LogP contribution in [0.5, 0.6) is 0 Å². The largest absolute Gasteiger partial charge is 0.353 e. The van der Waals surface area contributed by atoms with Gasteiger partial charge in [0.25, 0.3) is 0 Å². The van der Waals surface area contributed by atoms with Gasteiger partial charge in [0, 0.05) is 24.7 Å². The van der Waals surface area contributed by atoms with Crippen LogP contribution in [-0.2, 0) is 14.3 Å². The zero-order chi connectivity index (χ0) is 16.4. The third-order valence-electron chi connectivity index (χ3n) is 4.84. The molecule has 2 atom stereocenters. The van der Waals surface area contributed by atoms with Gasteiger partial charge in [-0.1, -0.05) is 13.0 Å². The van der Waals surface area contributed by atoms with E-state index in [2.05, 4.69) is 0 Å². The van der Waals surface area contributed by atoms with Crippen LogP contribution >= 0.6 is 0 Å². The normalized spacial score (nSPS) is 24.2. The average molecular weight is 324 g/mol. The molecule has 2 unspecified atom stereocenters. The van der Waals surface area contributed by atoms with Crippen LogP contribution in [-0.4, -0.2) is 18.7 Å². The number of hydrogen-bond acceptors (Lipinski definition) is 3. The van der Waals surface area contributed by atoms with Crippen molar-refractivity contribution in [1.82, 2.24) is 0 Å². The van der Waals surface area contributed by atoms with Gasteiger partial charge in [-0.05, 0) is 38.2 Å². The van der Waals surface area contributed by atoms with Gasteiger partial charge in [0.05, 0.1) is 5.41 Å². The molecule has 1 aliphatic heterocycles. The molecule has 1 aliphatic carbocycles. The van der Waals surface area contributed by atoms with E-state index in [9.17, 15) is 13.6 Å². The maximum Gasteiger partial charge on any atom is 0.158 e. The molecule has 0 aromatic heterocycles. The Bertz CT molecular complexity index is 578. The van der Waals surface area contributed by atoms with E-state index in [4.69, 9.17) is 9.47 Å². The van der Waals surface area contributed by atoms with Gasteiger partial charge in [-0.25, -0.2) is 8.78 Å². The quantitative estimate of drug-likeness (QED) is 0.782. The highest BCUT2D eigenvalue weighted by atomic mass is 19.1. The second-order valence-corrected chi connectivity index (χ2v) is 6.41.